The van der Waals surface area contributed by atoms with Gasteiger partial charge >= 0.3 is 22.1 Å². The zero-order chi connectivity index (χ0) is 17.4. The Morgan fingerprint density at radius 3 is 0.909 bits per heavy atom. The number of rotatable bonds is 0. The van der Waals surface area contributed by atoms with Gasteiger partial charge in [-0.3, -0.25) is 0 Å². The maximum atomic E-state index is 11.1. The third-order valence-corrected chi connectivity index (χ3v) is 3.21. The summed E-state index contributed by atoms with van der Waals surface area (Å²) in [5, 5.41) is 22.2. The second kappa shape index (κ2) is 9.56. The summed E-state index contributed by atoms with van der Waals surface area (Å²) in [7, 11) is 0. The first-order valence-electron chi connectivity index (χ1n) is 7.29. The van der Waals surface area contributed by atoms with Gasteiger partial charge in [0.25, 0.3) is 0 Å². The van der Waals surface area contributed by atoms with E-state index in [1.807, 2.05) is 71.6 Å². The molecule has 0 aliphatic heterocycles. The second-order valence-corrected chi connectivity index (χ2v) is 5.46. The molecule has 0 radical (unpaired) electrons. The van der Waals surface area contributed by atoms with Crippen LogP contribution in [-0.2, 0) is 0 Å². The van der Waals surface area contributed by atoms with Crippen LogP contribution < -0.4 is 10.2 Å². The molecule has 0 saturated heterocycles. The van der Waals surface area contributed by atoms with E-state index in [0.29, 0.717) is 0 Å². The first kappa shape index (κ1) is 20.6. The van der Waals surface area contributed by atoms with Crippen LogP contribution in [0.5, 0.6) is 11.5 Å². The quantitative estimate of drug-likeness (QED) is 0.698. The molecule has 2 aromatic carbocycles. The Kier molecular flexibility index (Phi) is 8.94. The fraction of sp³-hybridized carbons (Fsp3) is 0.368. The van der Waals surface area contributed by atoms with E-state index >= 15 is 0 Å². The first-order chi connectivity index (χ1) is 10.2. The van der Waals surface area contributed by atoms with Crippen LogP contribution >= 0.6 is 0 Å². The van der Waals surface area contributed by atoms with Crippen molar-refractivity contribution in [3.63, 3.8) is 0 Å². The Morgan fingerprint density at radius 2 is 0.727 bits per heavy atom. The molecule has 22 heavy (non-hydrogen) atoms. The molecule has 0 amide bonds. The topological polar surface area (TPSA) is 46.1 Å². The van der Waals surface area contributed by atoms with E-state index < -0.39 is 0 Å². The van der Waals surface area contributed by atoms with E-state index in [1.165, 1.54) is 0 Å². The van der Waals surface area contributed by atoms with Crippen LogP contribution in [0.1, 0.15) is 33.4 Å². The molecule has 0 aromatic heterocycles. The van der Waals surface area contributed by atoms with E-state index in [9.17, 15) is 10.2 Å². The summed E-state index contributed by atoms with van der Waals surface area (Å²) in [6.07, 6.45) is 0. The van der Waals surface area contributed by atoms with E-state index in [4.69, 9.17) is 0 Å². The molecule has 0 saturated carbocycles. The number of hydrogen-bond donors (Lipinski definition) is 0. The Morgan fingerprint density at radius 1 is 0.545 bits per heavy atom. The average Bonchev–Trinajstić information content (AvgIpc) is 2.45. The molecule has 0 bridgehead atoms. The van der Waals surface area contributed by atoms with Crippen LogP contribution in [0.4, 0.5) is 0 Å². The van der Waals surface area contributed by atoms with Gasteiger partial charge in [-0.15, -0.1) is 11.5 Å². The number of hydrogen-bond acceptors (Lipinski definition) is 2. The van der Waals surface area contributed by atoms with Gasteiger partial charge < -0.3 is 10.2 Å². The molecule has 3 heteroatoms. The Labute approximate surface area is 143 Å². The van der Waals surface area contributed by atoms with Crippen LogP contribution in [-0.4, -0.2) is 16.3 Å². The Bertz CT molecular complexity index is 517. The molecule has 0 spiro atoms. The van der Waals surface area contributed by atoms with E-state index in [0.717, 1.165) is 33.4 Å². The molecule has 2 nitrogen and oxygen atoms in total. The van der Waals surface area contributed by atoms with Crippen molar-refractivity contribution < 1.29 is 10.2 Å². The van der Waals surface area contributed by atoms with Crippen molar-refractivity contribution in [1.29, 1.82) is 0 Å². The van der Waals surface area contributed by atoms with Crippen molar-refractivity contribution in [3.8, 4) is 11.5 Å². The summed E-state index contributed by atoms with van der Waals surface area (Å²) >= 11 is 2.42. The molecule has 0 fully saturated rings. The zero-order valence-electron chi connectivity index (χ0n) is 14.7. The molecule has 0 aliphatic carbocycles. The van der Waals surface area contributed by atoms with Crippen molar-refractivity contribution >= 4 is 16.3 Å². The molecule has 2 rings (SSSR count). The minimum absolute atomic E-state index is 0.172. The van der Waals surface area contributed by atoms with E-state index in [1.54, 1.807) is 0 Å². The molecule has 0 unspecified atom stereocenters. The average molecular weight is 312 g/mol. The SMILES string of the molecule is Cc1cc(C)c([O-])c(C)c1.Cc1cc(C)c([O-])c(C)c1.[CH3][Al+2]. The Balaban J connectivity index is 0.000000360. The molecule has 116 valence electrons. The van der Waals surface area contributed by atoms with Crippen LogP contribution in [0.15, 0.2) is 24.3 Å². The summed E-state index contributed by atoms with van der Waals surface area (Å²) in [4.78, 5) is 0. The van der Waals surface area contributed by atoms with Gasteiger partial charge in [0, 0.05) is 0 Å². The normalized spacial score (nSPS) is 9.32. The molecule has 2 aromatic rings. The van der Waals surface area contributed by atoms with Gasteiger partial charge in [-0.25, -0.2) is 0 Å². The summed E-state index contributed by atoms with van der Waals surface area (Å²) in [5.74, 6) is 2.26. The van der Waals surface area contributed by atoms with Gasteiger partial charge in [0.15, 0.2) is 0 Å². The summed E-state index contributed by atoms with van der Waals surface area (Å²) in [6, 6.07) is 7.65. The van der Waals surface area contributed by atoms with Crippen LogP contribution in [0.3, 0.4) is 0 Å². The van der Waals surface area contributed by atoms with Gasteiger partial charge in [-0.05, 0) is 41.5 Å². The standard InChI is InChI=1S/2C9H12O.CH3.Al/c2*1-6-4-7(2)9(10)8(3)5-6;;/h2*4-5,10H,1-3H3;1H3;/q;;;+2/p-2. The fourth-order valence-electron chi connectivity index (χ4n) is 2.33. The third kappa shape index (κ3) is 6.14. The van der Waals surface area contributed by atoms with Crippen molar-refractivity contribution in [2.45, 2.75) is 47.3 Å². The Hall–Kier alpha value is -1.43. The van der Waals surface area contributed by atoms with Gasteiger partial charge in [0.2, 0.25) is 0 Å². The number of aryl methyl sites for hydroxylation is 6. The van der Waals surface area contributed by atoms with Gasteiger partial charge in [0.1, 0.15) is 0 Å². The van der Waals surface area contributed by atoms with E-state index in [-0.39, 0.29) is 11.5 Å². The van der Waals surface area contributed by atoms with E-state index in [2.05, 4.69) is 16.3 Å². The summed E-state index contributed by atoms with van der Waals surface area (Å²) in [5.41, 5.74) is 5.70. The molecular weight excluding hydrogens is 287 g/mol. The van der Waals surface area contributed by atoms with Crippen molar-refractivity contribution in [2.75, 3.05) is 0 Å². The van der Waals surface area contributed by atoms with Gasteiger partial charge in [-0.1, -0.05) is 57.6 Å². The van der Waals surface area contributed by atoms with Crippen molar-refractivity contribution in [3.05, 3.63) is 57.6 Å². The molecule has 0 heterocycles. The maximum absolute atomic E-state index is 11.1. The molecule has 0 N–H and O–H groups in total. The predicted octanol–water partition coefficient (Wildman–Crippen LogP) is 3.57. The molecular formula is C19H25AlO2. The summed E-state index contributed by atoms with van der Waals surface area (Å²) < 4.78 is 0. The summed E-state index contributed by atoms with van der Waals surface area (Å²) in [6.45, 7) is 11.4. The van der Waals surface area contributed by atoms with Crippen LogP contribution in [0.2, 0.25) is 5.79 Å². The number of benzene rings is 2. The minimum atomic E-state index is 0.172. The molecule has 0 aliphatic rings. The molecule has 0 atom stereocenters. The van der Waals surface area contributed by atoms with Crippen LogP contribution in [0, 0.1) is 41.5 Å². The van der Waals surface area contributed by atoms with Crippen LogP contribution in [0.25, 0.3) is 0 Å². The second-order valence-electron chi connectivity index (χ2n) is 5.46. The van der Waals surface area contributed by atoms with Crippen molar-refractivity contribution in [1.82, 2.24) is 0 Å². The zero-order valence-corrected chi connectivity index (χ0v) is 15.9. The fourth-order valence-corrected chi connectivity index (χ4v) is 2.33. The monoisotopic (exact) mass is 312 g/mol. The van der Waals surface area contributed by atoms with Gasteiger partial charge in [-0.2, -0.15) is 0 Å². The van der Waals surface area contributed by atoms with Crippen molar-refractivity contribution in [2.24, 2.45) is 0 Å². The predicted molar refractivity (Wildman–Crippen MR) is 91.8 cm³/mol. The van der Waals surface area contributed by atoms with Gasteiger partial charge in [0.05, 0.1) is 0 Å². The first-order valence-corrected chi connectivity index (χ1v) is 8.45. The third-order valence-electron chi connectivity index (χ3n) is 3.21.